The summed E-state index contributed by atoms with van der Waals surface area (Å²) in [6, 6.07) is 2.25. The summed E-state index contributed by atoms with van der Waals surface area (Å²) in [5, 5.41) is 2.21. The van der Waals surface area contributed by atoms with Crippen LogP contribution >= 0.6 is 11.6 Å². The molecular weight excluding hydrogens is 324 g/mol. The standard InChI is InChI=1S/C16H20ClF2N3O/c1-10-4-2-3-5-22(10)12-8-21(9-12)16(23)20-14-7-11(18)6-13(19)15(14)17/h6-7,10,12H,2-5,8-9H2,1H3,(H,20,23)/t10-/m1/s1. The van der Waals surface area contributed by atoms with Crippen molar-refractivity contribution in [2.45, 2.75) is 38.3 Å². The van der Waals surface area contributed by atoms with Crippen LogP contribution in [0.1, 0.15) is 26.2 Å². The van der Waals surface area contributed by atoms with Crippen LogP contribution in [0.3, 0.4) is 0 Å². The SMILES string of the molecule is C[C@@H]1CCCCN1C1CN(C(=O)Nc2cc(F)cc(F)c2Cl)C1. The lowest BCUT2D eigenvalue weighted by molar-refractivity contribution is 0.0199. The van der Waals surface area contributed by atoms with Crippen LogP contribution in [0.2, 0.25) is 5.02 Å². The van der Waals surface area contributed by atoms with Crippen LogP contribution in [-0.2, 0) is 0 Å². The summed E-state index contributed by atoms with van der Waals surface area (Å²) in [4.78, 5) is 16.2. The zero-order valence-corrected chi connectivity index (χ0v) is 13.7. The number of benzene rings is 1. The van der Waals surface area contributed by atoms with Crippen LogP contribution in [-0.4, -0.2) is 47.5 Å². The van der Waals surface area contributed by atoms with E-state index in [0.29, 0.717) is 31.2 Å². The van der Waals surface area contributed by atoms with Crippen LogP contribution in [0.15, 0.2) is 12.1 Å². The van der Waals surface area contributed by atoms with E-state index in [4.69, 9.17) is 11.6 Å². The monoisotopic (exact) mass is 343 g/mol. The van der Waals surface area contributed by atoms with Crippen molar-refractivity contribution in [1.82, 2.24) is 9.80 Å². The molecule has 1 N–H and O–H groups in total. The predicted molar refractivity (Wildman–Crippen MR) is 85.8 cm³/mol. The minimum absolute atomic E-state index is 0.0380. The third-order valence-electron chi connectivity index (χ3n) is 4.71. The molecule has 0 aliphatic carbocycles. The van der Waals surface area contributed by atoms with Crippen LogP contribution in [0.4, 0.5) is 19.3 Å². The van der Waals surface area contributed by atoms with Gasteiger partial charge in [0, 0.05) is 31.2 Å². The molecule has 0 unspecified atom stereocenters. The molecule has 126 valence electrons. The van der Waals surface area contributed by atoms with Crippen molar-refractivity contribution in [3.8, 4) is 0 Å². The number of carbonyl (C=O) groups is 1. The van der Waals surface area contributed by atoms with E-state index >= 15 is 0 Å². The fourth-order valence-electron chi connectivity index (χ4n) is 3.33. The highest BCUT2D eigenvalue weighted by molar-refractivity contribution is 6.33. The lowest BCUT2D eigenvalue weighted by Crippen LogP contribution is -2.64. The van der Waals surface area contributed by atoms with Gasteiger partial charge in [-0.1, -0.05) is 18.0 Å². The highest BCUT2D eigenvalue weighted by atomic mass is 35.5. The summed E-state index contributed by atoms with van der Waals surface area (Å²) in [5.41, 5.74) is -0.0380. The van der Waals surface area contributed by atoms with Gasteiger partial charge in [0.2, 0.25) is 0 Å². The second kappa shape index (κ2) is 6.61. The maximum Gasteiger partial charge on any atom is 0.321 e. The molecule has 2 aliphatic rings. The van der Waals surface area contributed by atoms with E-state index in [1.54, 1.807) is 4.90 Å². The quantitative estimate of drug-likeness (QED) is 0.831. The van der Waals surface area contributed by atoms with Crippen LogP contribution in [0.25, 0.3) is 0 Å². The van der Waals surface area contributed by atoms with Crippen LogP contribution in [0, 0.1) is 11.6 Å². The van der Waals surface area contributed by atoms with Crippen molar-refractivity contribution in [2.75, 3.05) is 25.0 Å². The number of piperidine rings is 1. The van der Waals surface area contributed by atoms with Crippen molar-refractivity contribution in [1.29, 1.82) is 0 Å². The minimum Gasteiger partial charge on any atom is -0.321 e. The third kappa shape index (κ3) is 3.43. The van der Waals surface area contributed by atoms with Gasteiger partial charge in [0.05, 0.1) is 5.69 Å². The Hall–Kier alpha value is -1.40. The maximum absolute atomic E-state index is 13.4. The van der Waals surface area contributed by atoms with Gasteiger partial charge in [0.1, 0.15) is 16.7 Å². The van der Waals surface area contributed by atoms with E-state index in [1.807, 2.05) is 0 Å². The van der Waals surface area contributed by atoms with Gasteiger partial charge in [-0.15, -0.1) is 0 Å². The number of anilines is 1. The van der Waals surface area contributed by atoms with E-state index in [-0.39, 0.29) is 16.7 Å². The number of hydrogen-bond donors (Lipinski definition) is 1. The van der Waals surface area contributed by atoms with Crippen molar-refractivity contribution in [3.05, 3.63) is 28.8 Å². The van der Waals surface area contributed by atoms with Crippen LogP contribution in [0.5, 0.6) is 0 Å². The minimum atomic E-state index is -0.884. The van der Waals surface area contributed by atoms with E-state index in [9.17, 15) is 13.6 Å². The Morgan fingerprint density at radius 2 is 2.04 bits per heavy atom. The fraction of sp³-hybridized carbons (Fsp3) is 0.562. The molecule has 2 heterocycles. The van der Waals surface area contributed by atoms with Crippen molar-refractivity contribution >= 4 is 23.3 Å². The Bertz CT molecular complexity index is 607. The number of hydrogen-bond acceptors (Lipinski definition) is 2. The first-order chi connectivity index (χ1) is 11.0. The van der Waals surface area contributed by atoms with Crippen molar-refractivity contribution in [3.63, 3.8) is 0 Å². The molecule has 2 fully saturated rings. The van der Waals surface area contributed by atoms with E-state index in [0.717, 1.165) is 12.6 Å². The zero-order valence-electron chi connectivity index (χ0n) is 13.0. The van der Waals surface area contributed by atoms with Crippen LogP contribution < -0.4 is 5.32 Å². The first-order valence-corrected chi connectivity index (χ1v) is 8.29. The third-order valence-corrected chi connectivity index (χ3v) is 5.09. The molecule has 0 bridgehead atoms. The van der Waals surface area contributed by atoms with Gasteiger partial charge < -0.3 is 10.2 Å². The molecular formula is C16H20ClF2N3O. The summed E-state index contributed by atoms with van der Waals surface area (Å²) in [6.45, 7) is 4.55. The number of rotatable bonds is 2. The molecule has 1 aromatic carbocycles. The number of nitrogens with one attached hydrogen (secondary N) is 1. The summed E-state index contributed by atoms with van der Waals surface area (Å²) in [5.74, 6) is -1.66. The van der Waals surface area contributed by atoms with E-state index in [2.05, 4.69) is 17.1 Å². The zero-order chi connectivity index (χ0) is 16.6. The summed E-state index contributed by atoms with van der Waals surface area (Å²) in [7, 11) is 0. The number of carbonyl (C=O) groups excluding carboxylic acids is 1. The summed E-state index contributed by atoms with van der Waals surface area (Å²) >= 11 is 5.76. The molecule has 3 rings (SSSR count). The first kappa shape index (κ1) is 16.5. The van der Waals surface area contributed by atoms with E-state index in [1.165, 1.54) is 19.3 Å². The normalized spacial score (nSPS) is 22.8. The van der Waals surface area contributed by atoms with Gasteiger partial charge in [-0.2, -0.15) is 0 Å². The number of nitrogens with zero attached hydrogens (tertiary/aromatic N) is 2. The Morgan fingerprint density at radius 1 is 1.30 bits per heavy atom. The van der Waals surface area contributed by atoms with Crippen molar-refractivity contribution in [2.24, 2.45) is 0 Å². The molecule has 0 saturated carbocycles. The van der Waals surface area contributed by atoms with Gasteiger partial charge in [-0.3, -0.25) is 4.90 Å². The molecule has 2 saturated heterocycles. The molecule has 23 heavy (non-hydrogen) atoms. The highest BCUT2D eigenvalue weighted by Gasteiger charge is 2.37. The van der Waals surface area contributed by atoms with Gasteiger partial charge in [0.25, 0.3) is 0 Å². The highest BCUT2D eigenvalue weighted by Crippen LogP contribution is 2.28. The number of urea groups is 1. The molecule has 2 amide bonds. The van der Waals surface area contributed by atoms with E-state index < -0.39 is 11.6 Å². The molecule has 0 aromatic heterocycles. The van der Waals surface area contributed by atoms with Gasteiger partial charge in [-0.25, -0.2) is 13.6 Å². The second-order valence-corrected chi connectivity index (χ2v) is 6.70. The predicted octanol–water partition coefficient (Wildman–Crippen LogP) is 3.71. The van der Waals surface area contributed by atoms with Gasteiger partial charge in [-0.05, 0) is 32.4 Å². The lowest BCUT2D eigenvalue weighted by atomic mass is 9.98. The Labute approximate surface area is 139 Å². The Kier molecular flexibility index (Phi) is 4.73. The Morgan fingerprint density at radius 3 is 2.74 bits per heavy atom. The molecule has 2 aliphatic heterocycles. The summed E-state index contributed by atoms with van der Waals surface area (Å²) < 4.78 is 26.6. The smallest absolute Gasteiger partial charge is 0.321 e. The average Bonchev–Trinajstić information content (AvgIpc) is 2.44. The molecule has 1 atom stereocenters. The topological polar surface area (TPSA) is 35.6 Å². The number of halogens is 3. The van der Waals surface area contributed by atoms with Crippen molar-refractivity contribution < 1.29 is 13.6 Å². The fourth-order valence-corrected chi connectivity index (χ4v) is 3.49. The molecule has 1 aromatic rings. The Balaban J connectivity index is 1.57. The molecule has 7 heteroatoms. The average molecular weight is 344 g/mol. The largest absolute Gasteiger partial charge is 0.321 e. The number of likely N-dealkylation sites (tertiary alicyclic amines) is 2. The van der Waals surface area contributed by atoms with Gasteiger partial charge >= 0.3 is 6.03 Å². The molecule has 0 spiro atoms. The summed E-state index contributed by atoms with van der Waals surface area (Å²) in [6.07, 6.45) is 3.66. The lowest BCUT2D eigenvalue weighted by Gasteiger charge is -2.49. The van der Waals surface area contributed by atoms with Gasteiger partial charge in [0.15, 0.2) is 0 Å². The second-order valence-electron chi connectivity index (χ2n) is 6.32. The number of amides is 2. The maximum atomic E-state index is 13.4. The molecule has 0 radical (unpaired) electrons. The first-order valence-electron chi connectivity index (χ1n) is 7.92. The molecule has 4 nitrogen and oxygen atoms in total.